The molecule has 7 nitrogen and oxygen atoms in total. The number of benzene rings is 1. The van der Waals surface area contributed by atoms with E-state index in [-0.39, 0.29) is 6.61 Å². The van der Waals surface area contributed by atoms with Crippen LogP contribution >= 0.6 is 0 Å². The van der Waals surface area contributed by atoms with Gasteiger partial charge in [0.25, 0.3) is 0 Å². The number of rotatable bonds is 8. The van der Waals surface area contributed by atoms with Gasteiger partial charge in [-0.15, -0.1) is 0 Å². The van der Waals surface area contributed by atoms with Crippen molar-refractivity contribution in [1.29, 1.82) is 0 Å². The first-order chi connectivity index (χ1) is 13.5. The van der Waals surface area contributed by atoms with Gasteiger partial charge in [-0.3, -0.25) is 4.90 Å². The average molecular weight is 407 g/mol. The molecule has 0 spiro atoms. The zero-order valence-electron chi connectivity index (χ0n) is 16.5. The van der Waals surface area contributed by atoms with Gasteiger partial charge in [0.15, 0.2) is 0 Å². The van der Waals surface area contributed by atoms with E-state index in [2.05, 4.69) is 16.4 Å². The van der Waals surface area contributed by atoms with Gasteiger partial charge in [-0.25, -0.2) is 13.4 Å². The van der Waals surface area contributed by atoms with Gasteiger partial charge in [-0.1, -0.05) is 6.42 Å². The van der Waals surface area contributed by atoms with Crippen molar-refractivity contribution < 1.29 is 13.5 Å². The van der Waals surface area contributed by atoms with E-state index < -0.39 is 10.0 Å². The minimum absolute atomic E-state index is 0.140. The minimum Gasteiger partial charge on any atom is -0.395 e. The highest BCUT2D eigenvalue weighted by Crippen LogP contribution is 2.29. The average Bonchev–Trinajstić information content (AvgIpc) is 3.49. The Kier molecular flexibility index (Phi) is 5.73. The quantitative estimate of drug-likeness (QED) is 0.727. The lowest BCUT2D eigenvalue weighted by molar-refractivity contribution is 0.179. The molecular formula is C20H30N4O3S. The van der Waals surface area contributed by atoms with Crippen LogP contribution in [0, 0.1) is 0 Å². The third kappa shape index (κ3) is 3.83. The fourth-order valence-corrected chi connectivity index (χ4v) is 5.73. The van der Waals surface area contributed by atoms with Crippen LogP contribution in [-0.4, -0.2) is 64.6 Å². The highest BCUT2D eigenvalue weighted by molar-refractivity contribution is 7.89. The van der Waals surface area contributed by atoms with E-state index in [4.69, 9.17) is 4.98 Å². The lowest BCUT2D eigenvalue weighted by Gasteiger charge is -2.25. The molecule has 2 heterocycles. The Balaban J connectivity index is 1.66. The van der Waals surface area contributed by atoms with Crippen molar-refractivity contribution in [2.45, 2.75) is 63.1 Å². The summed E-state index contributed by atoms with van der Waals surface area (Å²) in [6.07, 6.45) is 5.30. The maximum absolute atomic E-state index is 13.0. The second-order valence-corrected chi connectivity index (χ2v) is 9.75. The standard InChI is InChI=1S/C20H30N4O3S/c1-2-24-19-9-8-17(28(26,27)23-10-4-3-5-11-23)14-18(19)21-20(24)15-22(12-13-25)16-6-7-16/h8-9,14,16,25H,2-7,10-13,15H2,1H3. The SMILES string of the molecule is CCn1c(CN(CCO)C2CC2)nc2cc(S(=O)(=O)N3CCCCC3)ccc21. The Morgan fingerprint density at radius 1 is 1.21 bits per heavy atom. The molecule has 1 N–H and O–H groups in total. The van der Waals surface area contributed by atoms with E-state index in [0.717, 1.165) is 42.7 Å². The zero-order valence-corrected chi connectivity index (χ0v) is 17.4. The summed E-state index contributed by atoms with van der Waals surface area (Å²) >= 11 is 0. The smallest absolute Gasteiger partial charge is 0.243 e. The van der Waals surface area contributed by atoms with Crippen molar-refractivity contribution >= 4 is 21.1 Å². The largest absolute Gasteiger partial charge is 0.395 e. The van der Waals surface area contributed by atoms with Gasteiger partial charge < -0.3 is 9.67 Å². The van der Waals surface area contributed by atoms with Gasteiger partial charge in [0.05, 0.1) is 29.1 Å². The molecule has 2 aromatic rings. The van der Waals surface area contributed by atoms with Crippen LogP contribution in [0.5, 0.6) is 0 Å². The molecule has 154 valence electrons. The van der Waals surface area contributed by atoms with Gasteiger partial charge in [0.1, 0.15) is 5.82 Å². The third-order valence-corrected chi connectivity index (χ3v) is 7.76. The van der Waals surface area contributed by atoms with Gasteiger partial charge in [-0.2, -0.15) is 4.31 Å². The highest BCUT2D eigenvalue weighted by atomic mass is 32.2. The second-order valence-electron chi connectivity index (χ2n) is 7.81. The first-order valence-corrected chi connectivity index (χ1v) is 11.8. The summed E-state index contributed by atoms with van der Waals surface area (Å²) in [6.45, 7) is 5.53. The summed E-state index contributed by atoms with van der Waals surface area (Å²) in [6, 6.07) is 5.87. The molecule has 4 rings (SSSR count). The van der Waals surface area contributed by atoms with Gasteiger partial charge in [0, 0.05) is 32.2 Å². The molecule has 1 aliphatic heterocycles. The number of aliphatic hydroxyl groups excluding tert-OH is 1. The number of hydrogen-bond acceptors (Lipinski definition) is 5. The molecule has 0 unspecified atom stereocenters. The van der Waals surface area contributed by atoms with E-state index in [1.807, 2.05) is 6.07 Å². The van der Waals surface area contributed by atoms with Crippen LogP contribution in [0.15, 0.2) is 23.1 Å². The Morgan fingerprint density at radius 2 is 1.96 bits per heavy atom. The van der Waals surface area contributed by atoms with E-state index in [0.29, 0.717) is 37.1 Å². The fourth-order valence-electron chi connectivity index (χ4n) is 4.19. The zero-order chi connectivity index (χ0) is 19.7. The van der Waals surface area contributed by atoms with Crippen molar-refractivity contribution in [2.24, 2.45) is 0 Å². The topological polar surface area (TPSA) is 78.7 Å². The molecule has 1 saturated heterocycles. The highest BCUT2D eigenvalue weighted by Gasteiger charge is 2.30. The lowest BCUT2D eigenvalue weighted by atomic mass is 10.2. The maximum Gasteiger partial charge on any atom is 0.243 e. The van der Waals surface area contributed by atoms with Gasteiger partial charge >= 0.3 is 0 Å². The first kappa shape index (κ1) is 19.8. The third-order valence-electron chi connectivity index (χ3n) is 5.86. The van der Waals surface area contributed by atoms with Crippen LogP contribution in [0.4, 0.5) is 0 Å². The van der Waals surface area contributed by atoms with Gasteiger partial charge in [0.2, 0.25) is 10.0 Å². The monoisotopic (exact) mass is 406 g/mol. The summed E-state index contributed by atoms with van der Waals surface area (Å²) in [5, 5.41) is 9.37. The Hall–Kier alpha value is -1.48. The van der Waals surface area contributed by atoms with Crippen molar-refractivity contribution in [3.05, 3.63) is 24.0 Å². The molecule has 0 bridgehead atoms. The van der Waals surface area contributed by atoms with Gasteiger partial charge in [-0.05, 0) is 50.8 Å². The summed E-state index contributed by atoms with van der Waals surface area (Å²) in [5.41, 5.74) is 1.70. The normalized spacial score (nSPS) is 19.0. The Bertz CT molecular complexity index is 930. The molecule has 8 heteroatoms. The number of aryl methyl sites for hydroxylation is 1. The molecule has 28 heavy (non-hydrogen) atoms. The molecule has 1 saturated carbocycles. The molecule has 1 aromatic heterocycles. The number of fused-ring (bicyclic) bond motifs is 1. The predicted molar refractivity (Wildman–Crippen MR) is 109 cm³/mol. The molecule has 0 amide bonds. The summed E-state index contributed by atoms with van der Waals surface area (Å²) in [4.78, 5) is 7.40. The predicted octanol–water partition coefficient (Wildman–Crippen LogP) is 2.19. The number of piperidine rings is 1. The van der Waals surface area contributed by atoms with Crippen LogP contribution in [0.1, 0.15) is 44.9 Å². The molecular weight excluding hydrogens is 376 g/mol. The van der Waals surface area contributed by atoms with Crippen LogP contribution < -0.4 is 0 Å². The van der Waals surface area contributed by atoms with Crippen LogP contribution in [-0.2, 0) is 23.1 Å². The summed E-state index contributed by atoms with van der Waals surface area (Å²) in [7, 11) is -3.46. The molecule has 0 radical (unpaired) electrons. The van der Waals surface area contributed by atoms with Crippen molar-refractivity contribution in [3.63, 3.8) is 0 Å². The summed E-state index contributed by atoms with van der Waals surface area (Å²) in [5.74, 6) is 0.936. The minimum atomic E-state index is -3.46. The number of nitrogens with zero attached hydrogens (tertiary/aromatic N) is 4. The van der Waals surface area contributed by atoms with E-state index in [9.17, 15) is 13.5 Å². The number of imidazole rings is 1. The number of hydrogen-bond donors (Lipinski definition) is 1. The van der Waals surface area contributed by atoms with Crippen LogP contribution in [0.25, 0.3) is 11.0 Å². The van der Waals surface area contributed by atoms with E-state index in [1.165, 1.54) is 12.8 Å². The number of sulfonamides is 1. The second kappa shape index (κ2) is 8.10. The van der Waals surface area contributed by atoms with Crippen molar-refractivity contribution in [1.82, 2.24) is 18.8 Å². The van der Waals surface area contributed by atoms with Crippen molar-refractivity contribution in [3.8, 4) is 0 Å². The molecule has 0 atom stereocenters. The fraction of sp³-hybridized carbons (Fsp3) is 0.650. The molecule has 2 fully saturated rings. The number of aromatic nitrogens is 2. The Labute approximate surface area is 167 Å². The molecule has 2 aliphatic rings. The van der Waals surface area contributed by atoms with Crippen molar-refractivity contribution in [2.75, 3.05) is 26.2 Å². The molecule has 1 aliphatic carbocycles. The first-order valence-electron chi connectivity index (χ1n) is 10.4. The number of aliphatic hydroxyl groups is 1. The molecule has 1 aromatic carbocycles. The van der Waals surface area contributed by atoms with Crippen LogP contribution in [0.3, 0.4) is 0 Å². The lowest BCUT2D eigenvalue weighted by Crippen LogP contribution is -2.35. The maximum atomic E-state index is 13.0. The summed E-state index contributed by atoms with van der Waals surface area (Å²) < 4.78 is 29.8. The van der Waals surface area contributed by atoms with E-state index >= 15 is 0 Å². The van der Waals surface area contributed by atoms with E-state index in [1.54, 1.807) is 16.4 Å². The van der Waals surface area contributed by atoms with Crippen LogP contribution in [0.2, 0.25) is 0 Å². The Morgan fingerprint density at radius 3 is 2.61 bits per heavy atom.